The lowest BCUT2D eigenvalue weighted by Gasteiger charge is -2.38. The van der Waals surface area contributed by atoms with Gasteiger partial charge in [0.05, 0.1) is 6.10 Å². The van der Waals surface area contributed by atoms with Crippen molar-refractivity contribution in [1.29, 1.82) is 0 Å². The van der Waals surface area contributed by atoms with E-state index in [4.69, 9.17) is 14.2 Å². The Bertz CT molecular complexity index is 348. The van der Waals surface area contributed by atoms with E-state index in [2.05, 4.69) is 0 Å². The molecule has 0 spiro atoms. The number of ether oxygens (including phenoxy) is 3. The lowest BCUT2D eigenvalue weighted by molar-refractivity contribution is -0.245. The van der Waals surface area contributed by atoms with Crippen LogP contribution in [-0.2, 0) is 23.8 Å². The van der Waals surface area contributed by atoms with Gasteiger partial charge in [-0.25, -0.2) is 0 Å². The summed E-state index contributed by atoms with van der Waals surface area (Å²) in [7, 11) is 0. The molecule has 0 radical (unpaired) electrons. The average Bonchev–Trinajstić information content (AvgIpc) is 2.73. The second-order valence-electron chi connectivity index (χ2n) is 6.09. The molecular formula is C14H22O5. The largest absolute Gasteiger partial charge is 0.422 e. The molecular weight excluding hydrogens is 248 g/mol. The van der Waals surface area contributed by atoms with E-state index in [-0.39, 0.29) is 17.9 Å². The number of esters is 2. The molecule has 2 aliphatic rings. The van der Waals surface area contributed by atoms with Crippen LogP contribution < -0.4 is 0 Å². The zero-order valence-corrected chi connectivity index (χ0v) is 12.0. The summed E-state index contributed by atoms with van der Waals surface area (Å²) in [5.74, 6) is -3.04. The SMILES string of the molecule is CC(C)C(C1CCCO1)C1C(=O)OC(C)(C)OC1=O. The molecule has 5 heteroatoms. The Morgan fingerprint density at radius 2 is 1.74 bits per heavy atom. The first kappa shape index (κ1) is 14.3. The Hall–Kier alpha value is -1.10. The Labute approximate surface area is 113 Å². The molecule has 2 atom stereocenters. The van der Waals surface area contributed by atoms with E-state index in [0.717, 1.165) is 12.8 Å². The fourth-order valence-electron chi connectivity index (χ4n) is 2.98. The third-order valence-corrected chi connectivity index (χ3v) is 3.75. The first-order valence-electron chi connectivity index (χ1n) is 6.89. The van der Waals surface area contributed by atoms with Crippen LogP contribution >= 0.6 is 0 Å². The molecule has 2 fully saturated rings. The molecule has 0 bridgehead atoms. The van der Waals surface area contributed by atoms with Crippen molar-refractivity contribution in [3.63, 3.8) is 0 Å². The van der Waals surface area contributed by atoms with Gasteiger partial charge in [-0.2, -0.15) is 0 Å². The molecule has 0 aromatic heterocycles. The lowest BCUT2D eigenvalue weighted by Crippen LogP contribution is -2.51. The quantitative estimate of drug-likeness (QED) is 0.579. The highest BCUT2D eigenvalue weighted by Gasteiger charge is 2.50. The van der Waals surface area contributed by atoms with E-state index in [1.54, 1.807) is 13.8 Å². The normalized spacial score (nSPS) is 29.2. The van der Waals surface area contributed by atoms with Crippen LogP contribution in [0.25, 0.3) is 0 Å². The summed E-state index contributed by atoms with van der Waals surface area (Å²) in [6, 6.07) is 0. The van der Waals surface area contributed by atoms with Crippen LogP contribution in [-0.4, -0.2) is 30.4 Å². The number of cyclic esters (lactones) is 2. The van der Waals surface area contributed by atoms with Crippen LogP contribution in [0.15, 0.2) is 0 Å². The fraction of sp³-hybridized carbons (Fsp3) is 0.857. The lowest BCUT2D eigenvalue weighted by atomic mass is 9.78. The van der Waals surface area contributed by atoms with Crippen LogP contribution in [0.4, 0.5) is 0 Å². The van der Waals surface area contributed by atoms with Crippen LogP contribution in [0.5, 0.6) is 0 Å². The summed E-state index contributed by atoms with van der Waals surface area (Å²) in [4.78, 5) is 24.3. The molecule has 2 saturated heterocycles. The van der Waals surface area contributed by atoms with Gasteiger partial charge in [0.1, 0.15) is 0 Å². The minimum Gasteiger partial charge on any atom is -0.422 e. The Balaban J connectivity index is 2.21. The van der Waals surface area contributed by atoms with Crippen LogP contribution in [0, 0.1) is 17.8 Å². The predicted molar refractivity (Wildman–Crippen MR) is 67.1 cm³/mol. The topological polar surface area (TPSA) is 61.8 Å². The van der Waals surface area contributed by atoms with E-state index in [0.29, 0.717) is 6.61 Å². The number of carbonyl (C=O) groups is 2. The smallest absolute Gasteiger partial charge is 0.323 e. The Morgan fingerprint density at radius 3 is 2.16 bits per heavy atom. The van der Waals surface area contributed by atoms with Gasteiger partial charge in [0, 0.05) is 26.4 Å². The molecule has 2 heterocycles. The molecule has 0 aromatic rings. The van der Waals surface area contributed by atoms with Crippen molar-refractivity contribution in [2.24, 2.45) is 17.8 Å². The minimum atomic E-state index is -1.16. The van der Waals surface area contributed by atoms with Crippen molar-refractivity contribution in [2.75, 3.05) is 6.61 Å². The van der Waals surface area contributed by atoms with Crippen LogP contribution in [0.1, 0.15) is 40.5 Å². The van der Waals surface area contributed by atoms with Crippen molar-refractivity contribution in [2.45, 2.75) is 52.4 Å². The van der Waals surface area contributed by atoms with E-state index in [9.17, 15) is 9.59 Å². The van der Waals surface area contributed by atoms with Gasteiger partial charge >= 0.3 is 11.9 Å². The van der Waals surface area contributed by atoms with Crippen LogP contribution in [0.3, 0.4) is 0 Å². The van der Waals surface area contributed by atoms with Gasteiger partial charge in [-0.1, -0.05) is 13.8 Å². The third-order valence-electron chi connectivity index (χ3n) is 3.75. The van der Waals surface area contributed by atoms with E-state index in [1.165, 1.54) is 0 Å². The molecule has 5 nitrogen and oxygen atoms in total. The minimum absolute atomic E-state index is 0.0636. The maximum Gasteiger partial charge on any atom is 0.323 e. The average molecular weight is 270 g/mol. The summed E-state index contributed by atoms with van der Waals surface area (Å²) in [6.45, 7) is 7.81. The van der Waals surface area contributed by atoms with Gasteiger partial charge in [-0.15, -0.1) is 0 Å². The van der Waals surface area contributed by atoms with E-state index < -0.39 is 23.6 Å². The molecule has 2 aliphatic heterocycles. The van der Waals surface area contributed by atoms with Gasteiger partial charge in [0.25, 0.3) is 5.79 Å². The Kier molecular flexibility index (Phi) is 3.85. The number of hydrogen-bond acceptors (Lipinski definition) is 5. The van der Waals surface area contributed by atoms with Crippen molar-refractivity contribution >= 4 is 11.9 Å². The summed E-state index contributed by atoms with van der Waals surface area (Å²) >= 11 is 0. The standard InChI is InChI=1S/C14H22O5/c1-8(2)10(9-6-5-7-17-9)11-12(15)18-14(3,4)19-13(11)16/h8-11H,5-7H2,1-4H3. The highest BCUT2D eigenvalue weighted by molar-refractivity contribution is 5.97. The monoisotopic (exact) mass is 270 g/mol. The zero-order valence-electron chi connectivity index (χ0n) is 12.0. The summed E-state index contributed by atoms with van der Waals surface area (Å²) in [5, 5.41) is 0. The maximum absolute atomic E-state index is 12.1. The van der Waals surface area contributed by atoms with Crippen molar-refractivity contribution in [3.05, 3.63) is 0 Å². The van der Waals surface area contributed by atoms with Gasteiger partial charge in [0.2, 0.25) is 0 Å². The van der Waals surface area contributed by atoms with Gasteiger partial charge < -0.3 is 14.2 Å². The molecule has 0 aromatic carbocycles. The zero-order chi connectivity index (χ0) is 14.2. The van der Waals surface area contributed by atoms with Crippen molar-refractivity contribution < 1.29 is 23.8 Å². The second-order valence-corrected chi connectivity index (χ2v) is 6.09. The molecule has 0 aliphatic carbocycles. The predicted octanol–water partition coefficient (Wildman–Crippen LogP) is 1.89. The first-order valence-corrected chi connectivity index (χ1v) is 6.89. The number of hydrogen-bond donors (Lipinski definition) is 0. The van der Waals surface area contributed by atoms with E-state index >= 15 is 0 Å². The third kappa shape index (κ3) is 2.91. The molecule has 2 rings (SSSR count). The van der Waals surface area contributed by atoms with E-state index in [1.807, 2.05) is 13.8 Å². The summed E-state index contributed by atoms with van der Waals surface area (Å²) in [5.41, 5.74) is 0. The maximum atomic E-state index is 12.1. The molecule has 0 N–H and O–H groups in total. The second kappa shape index (κ2) is 5.12. The summed E-state index contributed by atoms with van der Waals surface area (Å²) < 4.78 is 16.1. The van der Waals surface area contributed by atoms with Gasteiger partial charge in [-0.05, 0) is 18.8 Å². The van der Waals surface area contributed by atoms with Gasteiger partial charge in [0.15, 0.2) is 5.92 Å². The van der Waals surface area contributed by atoms with Crippen LogP contribution in [0.2, 0.25) is 0 Å². The fourth-order valence-corrected chi connectivity index (χ4v) is 2.98. The molecule has 0 amide bonds. The molecule has 2 unspecified atom stereocenters. The summed E-state index contributed by atoms with van der Waals surface area (Å²) in [6.07, 6.45) is 1.78. The highest BCUT2D eigenvalue weighted by atomic mass is 16.7. The molecule has 19 heavy (non-hydrogen) atoms. The number of carbonyl (C=O) groups excluding carboxylic acids is 2. The molecule has 108 valence electrons. The van der Waals surface area contributed by atoms with Gasteiger partial charge in [-0.3, -0.25) is 9.59 Å². The highest BCUT2D eigenvalue weighted by Crippen LogP contribution is 2.37. The first-order chi connectivity index (χ1) is 8.82. The molecule has 0 saturated carbocycles. The Morgan fingerprint density at radius 1 is 1.16 bits per heavy atom. The number of rotatable bonds is 3. The van der Waals surface area contributed by atoms with Crippen molar-refractivity contribution in [3.8, 4) is 0 Å². The van der Waals surface area contributed by atoms with Crippen molar-refractivity contribution in [1.82, 2.24) is 0 Å².